The second-order valence-corrected chi connectivity index (χ2v) is 7.61. The molecule has 0 bridgehead atoms. The fraction of sp³-hybridized carbons (Fsp3) is 0.381. The summed E-state index contributed by atoms with van der Waals surface area (Å²) >= 11 is 0. The van der Waals surface area contributed by atoms with E-state index in [2.05, 4.69) is 0 Å². The van der Waals surface area contributed by atoms with Crippen molar-refractivity contribution in [2.24, 2.45) is 0 Å². The Bertz CT molecular complexity index is 1020. The molecule has 0 radical (unpaired) electrons. The average molecular weight is 450 g/mol. The van der Waals surface area contributed by atoms with E-state index < -0.39 is 54.9 Å². The highest BCUT2D eigenvalue weighted by atomic mass is 16.7. The molecule has 2 aromatic rings. The number of hydrogen-bond acceptors (Lipinski definition) is 11. The van der Waals surface area contributed by atoms with E-state index in [4.69, 9.17) is 14.2 Å². The van der Waals surface area contributed by atoms with Crippen LogP contribution in [0.5, 0.6) is 28.7 Å². The molecule has 172 valence electrons. The Morgan fingerprint density at radius 2 is 1.72 bits per heavy atom. The smallest absolute Gasteiger partial charge is 0.229 e. The lowest BCUT2D eigenvalue weighted by Crippen LogP contribution is -2.60. The molecule has 0 unspecified atom stereocenters. The molecule has 1 saturated heterocycles. The fourth-order valence-electron chi connectivity index (χ4n) is 3.73. The SMILES string of the molecule is O=C1C[C@@H](c2ccc(O)c(O[C@@H]3O[C@H](CO)[C@@H](O)[C@H](O)[C@H]3O)c2)Oc2cc(O)cc(O)c21. The van der Waals surface area contributed by atoms with Gasteiger partial charge in [0.15, 0.2) is 17.3 Å². The maximum Gasteiger partial charge on any atom is 0.229 e. The van der Waals surface area contributed by atoms with Gasteiger partial charge in [-0.05, 0) is 17.7 Å². The van der Waals surface area contributed by atoms with Crippen molar-refractivity contribution in [1.82, 2.24) is 0 Å². The van der Waals surface area contributed by atoms with Gasteiger partial charge in [-0.1, -0.05) is 6.07 Å². The summed E-state index contributed by atoms with van der Waals surface area (Å²) in [6.07, 6.45) is -8.60. The summed E-state index contributed by atoms with van der Waals surface area (Å²) in [5.74, 6) is -1.63. The molecule has 11 heteroatoms. The number of fused-ring (bicyclic) bond motifs is 1. The number of ether oxygens (including phenoxy) is 3. The van der Waals surface area contributed by atoms with Crippen LogP contribution in [0.15, 0.2) is 30.3 Å². The van der Waals surface area contributed by atoms with Crippen LogP contribution in [-0.2, 0) is 4.74 Å². The second-order valence-electron chi connectivity index (χ2n) is 7.61. The Hall–Kier alpha value is -3.09. The summed E-state index contributed by atoms with van der Waals surface area (Å²) in [4.78, 5) is 12.5. The van der Waals surface area contributed by atoms with Crippen LogP contribution in [0.2, 0.25) is 0 Å². The summed E-state index contributed by atoms with van der Waals surface area (Å²) in [7, 11) is 0. The molecule has 2 aliphatic heterocycles. The van der Waals surface area contributed by atoms with Gasteiger partial charge in [0.1, 0.15) is 53.3 Å². The van der Waals surface area contributed by atoms with Crippen molar-refractivity contribution in [3.63, 3.8) is 0 Å². The molecular weight excluding hydrogens is 428 g/mol. The summed E-state index contributed by atoms with van der Waals surface area (Å²) in [5.41, 5.74) is 0.347. The third-order valence-corrected chi connectivity index (χ3v) is 5.43. The average Bonchev–Trinajstić information content (AvgIpc) is 2.74. The largest absolute Gasteiger partial charge is 0.508 e. The number of carbonyl (C=O) groups is 1. The maximum absolute atomic E-state index is 12.5. The number of benzene rings is 2. The standard InChI is InChI=1S/C21H22O11/c22-7-16-18(27)19(28)20(29)21(32-16)31-14-3-8(1-2-10(14)24)13-6-12(26)17-11(25)4-9(23)5-15(17)30-13/h1-5,13,16,18-25,27-29H,6-7H2/t13-,16+,18+,19-,20+,21+/m0/s1. The number of Topliss-reactive ketones (excluding diaryl/α,β-unsaturated/α-hetero) is 1. The van der Waals surface area contributed by atoms with Crippen LogP contribution in [0.3, 0.4) is 0 Å². The lowest BCUT2D eigenvalue weighted by Gasteiger charge is -2.39. The van der Waals surface area contributed by atoms with Crippen LogP contribution in [0, 0.1) is 0 Å². The van der Waals surface area contributed by atoms with E-state index in [9.17, 15) is 40.5 Å². The van der Waals surface area contributed by atoms with Crippen molar-refractivity contribution in [3.05, 3.63) is 41.5 Å². The maximum atomic E-state index is 12.5. The lowest BCUT2D eigenvalue weighted by atomic mass is 9.95. The monoisotopic (exact) mass is 450 g/mol. The molecule has 6 atom stereocenters. The van der Waals surface area contributed by atoms with Crippen molar-refractivity contribution >= 4 is 5.78 Å². The van der Waals surface area contributed by atoms with Gasteiger partial charge in [0.05, 0.1) is 13.0 Å². The number of aliphatic hydroxyl groups is 4. The highest BCUT2D eigenvalue weighted by Crippen LogP contribution is 2.43. The normalized spacial score (nSPS) is 29.8. The van der Waals surface area contributed by atoms with Gasteiger partial charge in [-0.3, -0.25) is 4.79 Å². The molecular formula is C21H22O11. The first-order chi connectivity index (χ1) is 15.2. The predicted molar refractivity (Wildman–Crippen MR) is 105 cm³/mol. The van der Waals surface area contributed by atoms with Gasteiger partial charge in [-0.15, -0.1) is 0 Å². The number of aromatic hydroxyl groups is 3. The number of phenolic OH excluding ortho intramolecular Hbond substituents is 3. The van der Waals surface area contributed by atoms with Crippen LogP contribution in [0.1, 0.15) is 28.4 Å². The van der Waals surface area contributed by atoms with Crippen molar-refractivity contribution in [1.29, 1.82) is 0 Å². The van der Waals surface area contributed by atoms with Crippen molar-refractivity contribution in [2.45, 2.75) is 43.2 Å². The van der Waals surface area contributed by atoms with Gasteiger partial charge in [0.2, 0.25) is 6.29 Å². The Balaban J connectivity index is 1.59. The summed E-state index contributed by atoms with van der Waals surface area (Å²) in [6.45, 7) is -0.645. The zero-order valence-corrected chi connectivity index (χ0v) is 16.5. The zero-order chi connectivity index (χ0) is 23.2. The van der Waals surface area contributed by atoms with Gasteiger partial charge in [0.25, 0.3) is 0 Å². The van der Waals surface area contributed by atoms with Crippen molar-refractivity contribution in [3.8, 4) is 28.7 Å². The van der Waals surface area contributed by atoms with E-state index in [0.29, 0.717) is 5.56 Å². The molecule has 0 spiro atoms. The van der Waals surface area contributed by atoms with E-state index in [1.54, 1.807) is 0 Å². The van der Waals surface area contributed by atoms with Crippen LogP contribution >= 0.6 is 0 Å². The number of ketones is 1. The number of hydrogen-bond donors (Lipinski definition) is 7. The van der Waals surface area contributed by atoms with Crippen LogP contribution in [0.4, 0.5) is 0 Å². The third-order valence-electron chi connectivity index (χ3n) is 5.43. The van der Waals surface area contributed by atoms with E-state index in [1.165, 1.54) is 24.3 Å². The molecule has 2 heterocycles. The summed E-state index contributed by atoms with van der Waals surface area (Å²) < 4.78 is 16.5. The van der Waals surface area contributed by atoms with E-state index in [1.807, 2.05) is 0 Å². The second kappa shape index (κ2) is 8.45. The number of aliphatic hydroxyl groups excluding tert-OH is 4. The predicted octanol–water partition coefficient (Wildman–Crippen LogP) is -0.311. The molecule has 7 N–H and O–H groups in total. The molecule has 32 heavy (non-hydrogen) atoms. The fourth-order valence-corrected chi connectivity index (χ4v) is 3.73. The molecule has 0 amide bonds. The summed E-state index contributed by atoms with van der Waals surface area (Å²) in [5, 5.41) is 69.0. The number of carbonyl (C=O) groups excluding carboxylic acids is 1. The van der Waals surface area contributed by atoms with Gasteiger partial charge < -0.3 is 50.0 Å². The first kappa shape index (κ1) is 22.1. The zero-order valence-electron chi connectivity index (χ0n) is 16.5. The quantitative estimate of drug-likeness (QED) is 0.324. The van der Waals surface area contributed by atoms with Gasteiger partial charge in [-0.2, -0.15) is 0 Å². The number of phenols is 3. The topological polar surface area (TPSA) is 186 Å². The molecule has 11 nitrogen and oxygen atoms in total. The van der Waals surface area contributed by atoms with Crippen LogP contribution in [-0.4, -0.2) is 78.8 Å². The number of rotatable bonds is 4. The molecule has 1 fully saturated rings. The molecule has 0 aliphatic carbocycles. The van der Waals surface area contributed by atoms with Crippen molar-refractivity contribution in [2.75, 3.05) is 6.61 Å². The highest BCUT2D eigenvalue weighted by molar-refractivity contribution is 6.02. The molecule has 4 rings (SSSR count). The molecule has 2 aliphatic rings. The van der Waals surface area contributed by atoms with Gasteiger partial charge in [-0.25, -0.2) is 0 Å². The van der Waals surface area contributed by atoms with Crippen LogP contribution < -0.4 is 9.47 Å². The minimum Gasteiger partial charge on any atom is -0.508 e. The van der Waals surface area contributed by atoms with E-state index >= 15 is 0 Å². The Morgan fingerprint density at radius 3 is 2.44 bits per heavy atom. The van der Waals surface area contributed by atoms with Gasteiger partial charge in [0, 0.05) is 12.1 Å². The van der Waals surface area contributed by atoms with E-state index in [-0.39, 0.29) is 35.0 Å². The molecule has 0 aromatic heterocycles. The first-order valence-corrected chi connectivity index (χ1v) is 9.75. The molecule has 2 aromatic carbocycles. The van der Waals surface area contributed by atoms with Crippen molar-refractivity contribution < 1.29 is 54.8 Å². The lowest BCUT2D eigenvalue weighted by molar-refractivity contribution is -0.277. The Labute approximate surface area is 181 Å². The minimum absolute atomic E-state index is 0.00627. The Morgan fingerprint density at radius 1 is 0.969 bits per heavy atom. The van der Waals surface area contributed by atoms with Crippen LogP contribution in [0.25, 0.3) is 0 Å². The summed E-state index contributed by atoms with van der Waals surface area (Å²) in [6, 6.07) is 6.31. The highest BCUT2D eigenvalue weighted by Gasteiger charge is 2.45. The molecule has 0 saturated carbocycles. The van der Waals surface area contributed by atoms with Gasteiger partial charge >= 0.3 is 0 Å². The minimum atomic E-state index is -1.68. The Kier molecular flexibility index (Phi) is 5.84. The third kappa shape index (κ3) is 3.92. The first-order valence-electron chi connectivity index (χ1n) is 9.75. The van der Waals surface area contributed by atoms with E-state index in [0.717, 1.165) is 6.07 Å².